The Balaban J connectivity index is 1.95. The van der Waals surface area contributed by atoms with Crippen LogP contribution in [0.4, 0.5) is 5.95 Å². The van der Waals surface area contributed by atoms with E-state index in [1.165, 1.54) is 0 Å². The third-order valence-electron chi connectivity index (χ3n) is 2.14. The lowest BCUT2D eigenvalue weighted by Crippen LogP contribution is -2.37. The van der Waals surface area contributed by atoms with E-state index in [-0.39, 0.29) is 17.8 Å². The summed E-state index contributed by atoms with van der Waals surface area (Å²) in [4.78, 5) is 26.4. The summed E-state index contributed by atoms with van der Waals surface area (Å²) in [6.45, 7) is 1.74. The quantitative estimate of drug-likeness (QED) is 0.601. The molecular formula is C8H11N5O2. The molecule has 1 aromatic rings. The predicted octanol–water partition coefficient (Wildman–Crippen LogP) is -0.670. The minimum Gasteiger partial charge on any atom is -0.344 e. The molecular weight excluding hydrogens is 198 g/mol. The van der Waals surface area contributed by atoms with Gasteiger partial charge in [0.25, 0.3) is 0 Å². The molecule has 15 heavy (non-hydrogen) atoms. The highest BCUT2D eigenvalue weighted by Crippen LogP contribution is 2.08. The number of H-pyrrole nitrogens is 1. The Labute approximate surface area is 85.7 Å². The molecule has 0 aliphatic carbocycles. The van der Waals surface area contributed by atoms with Crippen LogP contribution in [-0.2, 0) is 9.59 Å². The van der Waals surface area contributed by atoms with E-state index in [9.17, 15) is 9.59 Å². The third kappa shape index (κ3) is 2.12. The summed E-state index contributed by atoms with van der Waals surface area (Å²) in [7, 11) is 0. The molecule has 1 atom stereocenters. The number of nitrogens with one attached hydrogen (secondary N) is 3. The molecule has 2 amide bonds. The van der Waals surface area contributed by atoms with Crippen LogP contribution in [-0.4, -0.2) is 33.0 Å². The molecule has 0 radical (unpaired) electrons. The van der Waals surface area contributed by atoms with Crippen LogP contribution in [0.2, 0.25) is 0 Å². The first-order valence-electron chi connectivity index (χ1n) is 4.64. The summed E-state index contributed by atoms with van der Waals surface area (Å²) in [5.41, 5.74) is 0. The summed E-state index contributed by atoms with van der Waals surface area (Å²) in [5, 5.41) is 11.5. The van der Waals surface area contributed by atoms with Gasteiger partial charge in [0.05, 0.1) is 0 Å². The van der Waals surface area contributed by atoms with Crippen molar-refractivity contribution in [1.29, 1.82) is 0 Å². The molecule has 1 fully saturated rings. The lowest BCUT2D eigenvalue weighted by molar-refractivity contribution is -0.122. The average Bonchev–Trinajstić information content (AvgIpc) is 2.75. The van der Waals surface area contributed by atoms with E-state index >= 15 is 0 Å². The lowest BCUT2D eigenvalue weighted by atomic mass is 10.2. The monoisotopic (exact) mass is 209 g/mol. The van der Waals surface area contributed by atoms with Crippen LogP contribution in [0, 0.1) is 6.92 Å². The lowest BCUT2D eigenvalue weighted by Gasteiger charge is -2.07. The van der Waals surface area contributed by atoms with Gasteiger partial charge in [0.2, 0.25) is 17.8 Å². The minimum absolute atomic E-state index is 0.0960. The molecule has 0 bridgehead atoms. The first-order valence-corrected chi connectivity index (χ1v) is 4.64. The average molecular weight is 209 g/mol. The van der Waals surface area contributed by atoms with E-state index in [1.807, 2.05) is 0 Å². The summed E-state index contributed by atoms with van der Waals surface area (Å²) in [6.07, 6.45) is 0.916. The molecule has 0 spiro atoms. The van der Waals surface area contributed by atoms with Crippen molar-refractivity contribution < 1.29 is 9.59 Å². The SMILES string of the molecule is Cc1nc(NC(=O)C2CCC(=O)N2)n[nH]1. The second kappa shape index (κ2) is 3.68. The normalized spacial score (nSPS) is 20.1. The third-order valence-corrected chi connectivity index (χ3v) is 2.14. The molecule has 0 saturated carbocycles. The number of aromatic amines is 1. The summed E-state index contributed by atoms with van der Waals surface area (Å²) in [5.74, 6) is 0.487. The number of hydrogen-bond acceptors (Lipinski definition) is 4. The van der Waals surface area contributed by atoms with Crippen molar-refractivity contribution in [3.8, 4) is 0 Å². The number of amides is 2. The fourth-order valence-corrected chi connectivity index (χ4v) is 1.41. The van der Waals surface area contributed by atoms with Gasteiger partial charge in [-0.2, -0.15) is 4.98 Å². The number of aryl methyl sites for hydroxylation is 1. The van der Waals surface area contributed by atoms with Crippen molar-refractivity contribution in [2.45, 2.75) is 25.8 Å². The largest absolute Gasteiger partial charge is 0.344 e. The Bertz CT molecular complexity index is 399. The van der Waals surface area contributed by atoms with E-state index < -0.39 is 6.04 Å². The van der Waals surface area contributed by atoms with Crippen LogP contribution in [0.5, 0.6) is 0 Å². The van der Waals surface area contributed by atoms with Gasteiger partial charge >= 0.3 is 0 Å². The zero-order chi connectivity index (χ0) is 10.8. The van der Waals surface area contributed by atoms with Gasteiger partial charge in [-0.25, -0.2) is 0 Å². The molecule has 0 aromatic carbocycles. The molecule has 7 nitrogen and oxygen atoms in total. The molecule has 3 N–H and O–H groups in total. The van der Waals surface area contributed by atoms with Gasteiger partial charge in [0, 0.05) is 6.42 Å². The molecule has 1 aromatic heterocycles. The van der Waals surface area contributed by atoms with Crippen LogP contribution in [0.25, 0.3) is 0 Å². The molecule has 2 rings (SSSR count). The van der Waals surface area contributed by atoms with Crippen LogP contribution in [0.3, 0.4) is 0 Å². The number of anilines is 1. The Kier molecular flexibility index (Phi) is 2.36. The highest BCUT2D eigenvalue weighted by molar-refractivity contribution is 5.97. The van der Waals surface area contributed by atoms with E-state index in [0.717, 1.165) is 0 Å². The van der Waals surface area contributed by atoms with Gasteiger partial charge in [0.1, 0.15) is 11.9 Å². The molecule has 2 heterocycles. The van der Waals surface area contributed by atoms with Crippen molar-refractivity contribution in [2.24, 2.45) is 0 Å². The summed E-state index contributed by atoms with van der Waals surface area (Å²) >= 11 is 0. The van der Waals surface area contributed by atoms with E-state index in [2.05, 4.69) is 25.8 Å². The van der Waals surface area contributed by atoms with Crippen molar-refractivity contribution in [3.63, 3.8) is 0 Å². The Hall–Kier alpha value is -1.92. The maximum atomic E-state index is 11.5. The van der Waals surface area contributed by atoms with Gasteiger partial charge in [-0.15, -0.1) is 5.10 Å². The van der Waals surface area contributed by atoms with E-state index in [1.54, 1.807) is 6.92 Å². The van der Waals surface area contributed by atoms with Crippen molar-refractivity contribution >= 4 is 17.8 Å². The molecule has 1 unspecified atom stereocenters. The van der Waals surface area contributed by atoms with Gasteiger partial charge in [-0.1, -0.05) is 0 Å². The van der Waals surface area contributed by atoms with E-state index in [4.69, 9.17) is 0 Å². The highest BCUT2D eigenvalue weighted by Gasteiger charge is 2.27. The van der Waals surface area contributed by atoms with Crippen LogP contribution in [0.1, 0.15) is 18.7 Å². The van der Waals surface area contributed by atoms with Gasteiger partial charge in [-0.05, 0) is 13.3 Å². The van der Waals surface area contributed by atoms with Crippen molar-refractivity contribution in [2.75, 3.05) is 5.32 Å². The van der Waals surface area contributed by atoms with Gasteiger partial charge in [-0.3, -0.25) is 20.0 Å². The van der Waals surface area contributed by atoms with Gasteiger partial charge in [0.15, 0.2) is 0 Å². The minimum atomic E-state index is -0.462. The molecule has 1 aliphatic rings. The first kappa shape index (κ1) is 9.63. The Morgan fingerprint density at radius 1 is 1.60 bits per heavy atom. The Morgan fingerprint density at radius 3 is 2.93 bits per heavy atom. The standard InChI is InChI=1S/C8H11N5O2/c1-4-9-8(13-12-4)11-7(15)5-2-3-6(14)10-5/h5H,2-3H2,1H3,(H,10,14)(H2,9,11,12,13,15). The summed E-state index contributed by atoms with van der Waals surface area (Å²) in [6, 6.07) is -0.462. The molecule has 80 valence electrons. The van der Waals surface area contributed by atoms with Gasteiger partial charge < -0.3 is 5.32 Å². The van der Waals surface area contributed by atoms with Crippen LogP contribution in [0.15, 0.2) is 0 Å². The second-order valence-corrected chi connectivity index (χ2v) is 3.39. The fourth-order valence-electron chi connectivity index (χ4n) is 1.41. The highest BCUT2D eigenvalue weighted by atomic mass is 16.2. The van der Waals surface area contributed by atoms with Crippen LogP contribution >= 0.6 is 0 Å². The Morgan fingerprint density at radius 2 is 2.40 bits per heavy atom. The number of carbonyl (C=O) groups excluding carboxylic acids is 2. The number of nitrogens with zero attached hydrogens (tertiary/aromatic N) is 2. The van der Waals surface area contributed by atoms with E-state index in [0.29, 0.717) is 18.7 Å². The van der Waals surface area contributed by atoms with Crippen LogP contribution < -0.4 is 10.6 Å². The zero-order valence-corrected chi connectivity index (χ0v) is 8.20. The first-order chi connectivity index (χ1) is 7.15. The number of rotatable bonds is 2. The fraction of sp³-hybridized carbons (Fsp3) is 0.500. The van der Waals surface area contributed by atoms with Crippen molar-refractivity contribution in [3.05, 3.63) is 5.82 Å². The zero-order valence-electron chi connectivity index (χ0n) is 8.20. The number of hydrogen-bond donors (Lipinski definition) is 3. The maximum Gasteiger partial charge on any atom is 0.249 e. The smallest absolute Gasteiger partial charge is 0.249 e. The predicted molar refractivity (Wildman–Crippen MR) is 50.9 cm³/mol. The molecule has 1 aliphatic heterocycles. The maximum absolute atomic E-state index is 11.5. The summed E-state index contributed by atoms with van der Waals surface area (Å²) < 4.78 is 0. The molecule has 7 heteroatoms. The molecule has 1 saturated heterocycles. The topological polar surface area (TPSA) is 99.8 Å². The van der Waals surface area contributed by atoms with Crippen molar-refractivity contribution in [1.82, 2.24) is 20.5 Å². The second-order valence-electron chi connectivity index (χ2n) is 3.39. The number of aromatic nitrogens is 3. The number of carbonyl (C=O) groups is 2.